The summed E-state index contributed by atoms with van der Waals surface area (Å²) in [6.07, 6.45) is 0. The minimum absolute atomic E-state index is 0.0564. The molecule has 1 fully saturated rings. The van der Waals surface area contributed by atoms with Crippen LogP contribution in [-0.4, -0.2) is 54.4 Å². The van der Waals surface area contributed by atoms with Crippen LogP contribution in [0.25, 0.3) is 0 Å². The highest BCUT2D eigenvalue weighted by atomic mass is 16.5. The minimum Gasteiger partial charge on any atom is -0.394 e. The van der Waals surface area contributed by atoms with Crippen LogP contribution in [0.4, 0.5) is 0 Å². The number of likely N-dealkylation sites (N-methyl/N-ethyl adjacent to an activating group) is 1. The third-order valence-corrected chi connectivity index (χ3v) is 3.07. The number of aliphatic hydroxyl groups excluding tert-OH is 1. The van der Waals surface area contributed by atoms with Gasteiger partial charge in [-0.25, -0.2) is 0 Å². The molecule has 5 nitrogen and oxygen atoms in total. The Kier molecular flexibility index (Phi) is 3.70. The molecule has 1 rings (SSSR count). The van der Waals surface area contributed by atoms with Gasteiger partial charge in [0.25, 0.3) is 0 Å². The van der Waals surface area contributed by atoms with Crippen molar-refractivity contribution in [2.75, 3.05) is 26.9 Å². The van der Waals surface area contributed by atoms with Gasteiger partial charge in [-0.1, -0.05) is 0 Å². The summed E-state index contributed by atoms with van der Waals surface area (Å²) in [7, 11) is 1.68. The van der Waals surface area contributed by atoms with Crippen LogP contribution < -0.4 is 5.73 Å². The molecule has 1 aliphatic heterocycles. The number of nitrogens with zero attached hydrogens (tertiary/aromatic N) is 1. The highest BCUT2D eigenvalue weighted by molar-refractivity contribution is 5.80. The number of nitrogens with two attached hydrogens (primary N) is 1. The van der Waals surface area contributed by atoms with Crippen molar-refractivity contribution >= 4 is 5.91 Å². The molecule has 0 aromatic rings. The molecule has 0 saturated carbocycles. The van der Waals surface area contributed by atoms with E-state index >= 15 is 0 Å². The Bertz CT molecular complexity index is 243. The summed E-state index contributed by atoms with van der Waals surface area (Å²) >= 11 is 0. The standard InChI is InChI=1S/C10H20N2O3/c1-10(2,6-13)12(3)9(14)7-4-15-5-8(7)11/h7-8,13H,4-6,11H2,1-3H3. The zero-order valence-corrected chi connectivity index (χ0v) is 9.56. The average molecular weight is 216 g/mol. The van der Waals surface area contributed by atoms with Crippen LogP contribution in [0, 0.1) is 5.92 Å². The smallest absolute Gasteiger partial charge is 0.229 e. The molecular weight excluding hydrogens is 196 g/mol. The molecule has 2 atom stereocenters. The number of rotatable bonds is 3. The average Bonchev–Trinajstić information content (AvgIpc) is 2.62. The van der Waals surface area contributed by atoms with Gasteiger partial charge < -0.3 is 20.5 Å². The molecule has 1 amide bonds. The maximum absolute atomic E-state index is 12.0. The second kappa shape index (κ2) is 4.47. The van der Waals surface area contributed by atoms with Crippen molar-refractivity contribution in [2.24, 2.45) is 11.7 Å². The lowest BCUT2D eigenvalue weighted by Crippen LogP contribution is -2.52. The normalized spacial score (nSPS) is 26.7. The molecule has 0 radical (unpaired) electrons. The highest BCUT2D eigenvalue weighted by Crippen LogP contribution is 2.19. The van der Waals surface area contributed by atoms with Crippen molar-refractivity contribution < 1.29 is 14.6 Å². The van der Waals surface area contributed by atoms with Crippen LogP contribution in [0.1, 0.15) is 13.8 Å². The first-order valence-electron chi connectivity index (χ1n) is 5.12. The fourth-order valence-corrected chi connectivity index (χ4v) is 1.48. The maximum Gasteiger partial charge on any atom is 0.229 e. The van der Waals surface area contributed by atoms with Gasteiger partial charge in [0.2, 0.25) is 5.91 Å². The first-order valence-corrected chi connectivity index (χ1v) is 5.12. The SMILES string of the molecule is CN(C(=O)C1COCC1N)C(C)(C)CO. The van der Waals surface area contributed by atoms with Gasteiger partial charge in [0.15, 0.2) is 0 Å². The number of ether oxygens (including phenoxy) is 1. The molecule has 1 saturated heterocycles. The summed E-state index contributed by atoms with van der Waals surface area (Å²) < 4.78 is 5.15. The first-order chi connectivity index (χ1) is 6.90. The van der Waals surface area contributed by atoms with Crippen molar-refractivity contribution in [3.8, 4) is 0 Å². The van der Waals surface area contributed by atoms with Crippen LogP contribution in [0.5, 0.6) is 0 Å². The predicted molar refractivity (Wildman–Crippen MR) is 56.2 cm³/mol. The monoisotopic (exact) mass is 216 g/mol. The molecule has 0 aromatic carbocycles. The molecule has 5 heteroatoms. The molecule has 88 valence electrons. The Hall–Kier alpha value is -0.650. The van der Waals surface area contributed by atoms with E-state index in [-0.39, 0.29) is 24.5 Å². The zero-order chi connectivity index (χ0) is 11.6. The summed E-state index contributed by atoms with van der Waals surface area (Å²) in [6.45, 7) is 4.37. The third-order valence-electron chi connectivity index (χ3n) is 3.07. The molecule has 15 heavy (non-hydrogen) atoms. The Morgan fingerprint density at radius 3 is 2.60 bits per heavy atom. The van der Waals surface area contributed by atoms with Gasteiger partial charge in [0, 0.05) is 13.1 Å². The fourth-order valence-electron chi connectivity index (χ4n) is 1.48. The quantitative estimate of drug-likeness (QED) is 0.647. The number of carbonyl (C=O) groups excluding carboxylic acids is 1. The Labute approximate surface area is 90.2 Å². The van der Waals surface area contributed by atoms with E-state index in [0.717, 1.165) is 0 Å². The van der Waals surface area contributed by atoms with Gasteiger partial charge in [0.05, 0.1) is 31.3 Å². The van der Waals surface area contributed by atoms with Crippen molar-refractivity contribution in [1.29, 1.82) is 0 Å². The van der Waals surface area contributed by atoms with Crippen molar-refractivity contribution in [3.63, 3.8) is 0 Å². The highest BCUT2D eigenvalue weighted by Gasteiger charge is 2.37. The number of amides is 1. The predicted octanol–water partition coefficient (Wildman–Crippen LogP) is -0.811. The van der Waals surface area contributed by atoms with E-state index in [1.54, 1.807) is 11.9 Å². The van der Waals surface area contributed by atoms with Gasteiger partial charge >= 0.3 is 0 Å². The van der Waals surface area contributed by atoms with Gasteiger partial charge in [-0.15, -0.1) is 0 Å². The third kappa shape index (κ3) is 2.48. The largest absolute Gasteiger partial charge is 0.394 e. The topological polar surface area (TPSA) is 75.8 Å². The Morgan fingerprint density at radius 1 is 1.60 bits per heavy atom. The van der Waals surface area contributed by atoms with Gasteiger partial charge in [-0.3, -0.25) is 4.79 Å². The molecule has 3 N–H and O–H groups in total. The van der Waals surface area contributed by atoms with Crippen LogP contribution >= 0.6 is 0 Å². The molecular formula is C10H20N2O3. The summed E-state index contributed by atoms with van der Waals surface area (Å²) in [5.41, 5.74) is 5.21. The Balaban J connectivity index is 2.67. The van der Waals surface area contributed by atoms with Crippen molar-refractivity contribution in [3.05, 3.63) is 0 Å². The van der Waals surface area contributed by atoms with Crippen molar-refractivity contribution in [1.82, 2.24) is 4.90 Å². The number of hydrogen-bond acceptors (Lipinski definition) is 4. The molecule has 0 bridgehead atoms. The van der Waals surface area contributed by atoms with Gasteiger partial charge in [-0.2, -0.15) is 0 Å². The summed E-state index contributed by atoms with van der Waals surface area (Å²) in [5, 5.41) is 9.17. The van der Waals surface area contributed by atoms with E-state index in [2.05, 4.69) is 0 Å². The zero-order valence-electron chi connectivity index (χ0n) is 9.56. The second-order valence-corrected chi connectivity index (χ2v) is 4.68. The summed E-state index contributed by atoms with van der Waals surface area (Å²) in [5.74, 6) is -0.333. The second-order valence-electron chi connectivity index (χ2n) is 4.68. The molecule has 0 aliphatic carbocycles. The number of aliphatic hydroxyl groups is 1. The van der Waals surface area contributed by atoms with E-state index in [1.165, 1.54) is 0 Å². The van der Waals surface area contributed by atoms with Crippen LogP contribution in [0.2, 0.25) is 0 Å². The lowest BCUT2D eigenvalue weighted by atomic mass is 9.98. The Morgan fingerprint density at radius 2 is 2.20 bits per heavy atom. The van der Waals surface area contributed by atoms with E-state index in [0.29, 0.717) is 13.2 Å². The first kappa shape index (κ1) is 12.4. The van der Waals surface area contributed by atoms with Crippen LogP contribution in [0.3, 0.4) is 0 Å². The number of hydrogen-bond donors (Lipinski definition) is 2. The van der Waals surface area contributed by atoms with E-state index in [1.807, 2.05) is 13.8 Å². The lowest BCUT2D eigenvalue weighted by molar-refractivity contribution is -0.140. The molecule has 1 aliphatic rings. The van der Waals surface area contributed by atoms with Gasteiger partial charge in [0.1, 0.15) is 0 Å². The lowest BCUT2D eigenvalue weighted by Gasteiger charge is -2.36. The minimum atomic E-state index is -0.556. The van der Waals surface area contributed by atoms with Crippen LogP contribution in [-0.2, 0) is 9.53 Å². The fraction of sp³-hybridized carbons (Fsp3) is 0.900. The van der Waals surface area contributed by atoms with E-state index in [9.17, 15) is 4.79 Å². The summed E-state index contributed by atoms with van der Waals surface area (Å²) in [4.78, 5) is 13.6. The number of carbonyl (C=O) groups is 1. The van der Waals surface area contributed by atoms with Gasteiger partial charge in [-0.05, 0) is 13.8 Å². The molecule has 1 heterocycles. The van der Waals surface area contributed by atoms with Crippen molar-refractivity contribution in [2.45, 2.75) is 25.4 Å². The molecule has 0 aromatic heterocycles. The maximum atomic E-state index is 12.0. The van der Waals surface area contributed by atoms with Crippen LogP contribution in [0.15, 0.2) is 0 Å². The summed E-state index contributed by atoms with van der Waals surface area (Å²) in [6, 6.07) is -0.227. The molecule has 0 spiro atoms. The molecule has 2 unspecified atom stereocenters. The van der Waals surface area contributed by atoms with E-state index in [4.69, 9.17) is 15.6 Å². The van der Waals surface area contributed by atoms with E-state index < -0.39 is 5.54 Å².